The lowest BCUT2D eigenvalue weighted by molar-refractivity contribution is -0.286. The quantitative estimate of drug-likeness (QED) is 0.442. The van der Waals surface area contributed by atoms with Crippen LogP contribution in [-0.4, -0.2) is 39.1 Å². The standard InChI is InChI=1S/C26H26F2N2O6.2H2/c1-24(2,3)21-11-14-10-16(5-6-17(14)30(21)13-18(31)22(32)33)29-23(34)25(8-9-25)15-4-7-19-20(12-15)36-26(27,28)35-19;;/h4-7,10-12,18,31H,8-9,13H2,1-3H3,(H,29,34)(H,32,33);2*1H. The summed E-state index contributed by atoms with van der Waals surface area (Å²) < 4.78 is 37.6. The van der Waals surface area contributed by atoms with E-state index in [4.69, 9.17) is 0 Å². The normalized spacial score (nSPS) is 18.2. The van der Waals surface area contributed by atoms with E-state index in [1.165, 1.54) is 12.1 Å². The number of aliphatic carboxylic acids is 1. The molecule has 36 heavy (non-hydrogen) atoms. The molecule has 1 aromatic heterocycles. The minimum atomic E-state index is -3.72. The van der Waals surface area contributed by atoms with Gasteiger partial charge >= 0.3 is 12.3 Å². The van der Waals surface area contributed by atoms with Crippen molar-refractivity contribution in [3.63, 3.8) is 0 Å². The van der Waals surface area contributed by atoms with Crippen LogP contribution in [0.2, 0.25) is 0 Å². The van der Waals surface area contributed by atoms with Gasteiger partial charge in [-0.2, -0.15) is 0 Å². The van der Waals surface area contributed by atoms with Crippen molar-refractivity contribution in [3.05, 3.63) is 53.7 Å². The highest BCUT2D eigenvalue weighted by atomic mass is 19.3. The lowest BCUT2D eigenvalue weighted by Crippen LogP contribution is -2.28. The zero-order valence-electron chi connectivity index (χ0n) is 20.0. The molecular weight excluding hydrogens is 474 g/mol. The van der Waals surface area contributed by atoms with Gasteiger partial charge in [-0.1, -0.05) is 26.8 Å². The Morgan fingerprint density at radius 1 is 1.11 bits per heavy atom. The topological polar surface area (TPSA) is 110 Å². The van der Waals surface area contributed by atoms with Gasteiger partial charge in [-0.3, -0.25) is 4.79 Å². The zero-order chi connectivity index (χ0) is 26.0. The SMILES string of the molecule is CC(C)(C)c1cc2cc(NC(=O)C3(c4ccc5c(c4)OC(F)(F)O5)CC3)ccc2n1CC(O)C(=O)O.[HH].[HH]. The summed E-state index contributed by atoms with van der Waals surface area (Å²) in [6, 6.07) is 11.6. The number of fused-ring (bicyclic) bond motifs is 2. The third-order valence-electron chi connectivity index (χ3n) is 6.71. The van der Waals surface area contributed by atoms with Crippen LogP contribution in [0, 0.1) is 0 Å². The van der Waals surface area contributed by atoms with Gasteiger partial charge in [0, 0.05) is 30.6 Å². The number of nitrogens with zero attached hydrogens (tertiary/aromatic N) is 1. The average Bonchev–Trinajstić information content (AvgIpc) is 3.42. The second kappa shape index (κ2) is 7.92. The maximum absolute atomic E-state index is 13.4. The van der Waals surface area contributed by atoms with Crippen molar-refractivity contribution in [1.29, 1.82) is 0 Å². The fourth-order valence-corrected chi connectivity index (χ4v) is 4.69. The van der Waals surface area contributed by atoms with Gasteiger partial charge in [0.15, 0.2) is 17.6 Å². The molecule has 1 unspecified atom stereocenters. The molecule has 2 aromatic carbocycles. The summed E-state index contributed by atoms with van der Waals surface area (Å²) in [7, 11) is 0. The highest BCUT2D eigenvalue weighted by Crippen LogP contribution is 2.52. The molecule has 5 rings (SSSR count). The van der Waals surface area contributed by atoms with Gasteiger partial charge in [-0.05, 0) is 54.8 Å². The first-order valence-corrected chi connectivity index (χ1v) is 11.6. The molecule has 1 atom stereocenters. The number of amides is 1. The molecule has 194 valence electrons. The summed E-state index contributed by atoms with van der Waals surface area (Å²) in [5, 5.41) is 22.9. The fraction of sp³-hybridized carbons (Fsp3) is 0.385. The van der Waals surface area contributed by atoms with E-state index in [0.29, 0.717) is 24.1 Å². The third kappa shape index (κ3) is 4.15. The number of anilines is 1. The van der Waals surface area contributed by atoms with Crippen molar-refractivity contribution in [2.45, 2.75) is 63.4 Å². The average molecular weight is 505 g/mol. The highest BCUT2D eigenvalue weighted by molar-refractivity contribution is 6.02. The summed E-state index contributed by atoms with van der Waals surface area (Å²) in [5.41, 5.74) is 1.52. The molecule has 0 saturated heterocycles. The van der Waals surface area contributed by atoms with Gasteiger partial charge in [0.25, 0.3) is 0 Å². The Morgan fingerprint density at radius 3 is 2.44 bits per heavy atom. The predicted octanol–water partition coefficient (Wildman–Crippen LogP) is 4.87. The number of hydrogen-bond acceptors (Lipinski definition) is 5. The number of alkyl halides is 2. The fourth-order valence-electron chi connectivity index (χ4n) is 4.69. The second-order valence-electron chi connectivity index (χ2n) is 10.4. The Labute approximate surface area is 208 Å². The molecule has 3 aromatic rings. The van der Waals surface area contributed by atoms with Gasteiger partial charge in [-0.15, -0.1) is 8.78 Å². The van der Waals surface area contributed by atoms with E-state index < -0.39 is 23.8 Å². The molecule has 8 nitrogen and oxygen atoms in total. The van der Waals surface area contributed by atoms with Gasteiger partial charge in [-0.25, -0.2) is 4.79 Å². The van der Waals surface area contributed by atoms with E-state index in [2.05, 4.69) is 14.8 Å². The number of aliphatic hydroxyl groups excluding tert-OH is 1. The minimum absolute atomic E-state index is 0. The first-order chi connectivity index (χ1) is 16.8. The summed E-state index contributed by atoms with van der Waals surface area (Å²) in [4.78, 5) is 24.5. The van der Waals surface area contributed by atoms with E-state index in [9.17, 15) is 28.6 Å². The molecule has 0 spiro atoms. The van der Waals surface area contributed by atoms with Crippen LogP contribution < -0.4 is 14.8 Å². The van der Waals surface area contributed by atoms with Crippen LogP contribution in [0.4, 0.5) is 14.5 Å². The number of nitrogens with one attached hydrogen (secondary N) is 1. The number of aliphatic hydroxyl groups is 1. The molecule has 1 aliphatic heterocycles. The van der Waals surface area contributed by atoms with Crippen molar-refractivity contribution in [2.24, 2.45) is 0 Å². The summed E-state index contributed by atoms with van der Waals surface area (Å²) in [5.74, 6) is -1.73. The lowest BCUT2D eigenvalue weighted by Gasteiger charge is -2.23. The van der Waals surface area contributed by atoms with E-state index >= 15 is 0 Å². The van der Waals surface area contributed by atoms with Gasteiger partial charge in [0.05, 0.1) is 12.0 Å². The van der Waals surface area contributed by atoms with E-state index in [1.807, 2.05) is 26.8 Å². The number of carbonyl (C=O) groups excluding carboxylic acids is 1. The largest absolute Gasteiger partial charge is 0.586 e. The first kappa shape index (κ1) is 24.1. The molecule has 2 heterocycles. The van der Waals surface area contributed by atoms with Crippen LogP contribution in [0.25, 0.3) is 10.9 Å². The zero-order valence-corrected chi connectivity index (χ0v) is 20.0. The molecule has 2 aliphatic rings. The van der Waals surface area contributed by atoms with Crippen molar-refractivity contribution in [2.75, 3.05) is 5.32 Å². The van der Waals surface area contributed by atoms with Crippen molar-refractivity contribution >= 4 is 28.5 Å². The number of benzene rings is 2. The van der Waals surface area contributed by atoms with E-state index in [-0.39, 0.29) is 32.2 Å². The molecular formula is C26H30F2N2O6. The van der Waals surface area contributed by atoms with Gasteiger partial charge in [0.2, 0.25) is 5.91 Å². The van der Waals surface area contributed by atoms with E-state index in [1.54, 1.807) is 28.8 Å². The maximum Gasteiger partial charge on any atom is 0.586 e. The van der Waals surface area contributed by atoms with Crippen LogP contribution in [0.3, 0.4) is 0 Å². The third-order valence-corrected chi connectivity index (χ3v) is 6.71. The molecule has 1 saturated carbocycles. The number of rotatable bonds is 6. The van der Waals surface area contributed by atoms with E-state index in [0.717, 1.165) is 16.6 Å². The Balaban J connectivity index is 0.00000200. The van der Waals surface area contributed by atoms with Crippen LogP contribution in [-0.2, 0) is 27.0 Å². The number of ether oxygens (including phenoxy) is 2. The van der Waals surface area contributed by atoms with Crippen LogP contribution >= 0.6 is 0 Å². The predicted molar refractivity (Wildman–Crippen MR) is 131 cm³/mol. The number of halogens is 2. The van der Waals surface area contributed by atoms with Gasteiger partial charge in [0.1, 0.15) is 0 Å². The van der Waals surface area contributed by atoms with Crippen molar-refractivity contribution in [1.82, 2.24) is 4.57 Å². The molecule has 1 amide bonds. The number of aromatic nitrogens is 1. The smallest absolute Gasteiger partial charge is 0.479 e. The second-order valence-corrected chi connectivity index (χ2v) is 10.4. The van der Waals surface area contributed by atoms with Crippen molar-refractivity contribution in [3.8, 4) is 11.5 Å². The van der Waals surface area contributed by atoms with Crippen LogP contribution in [0.5, 0.6) is 11.5 Å². The van der Waals surface area contributed by atoms with Gasteiger partial charge < -0.3 is 29.6 Å². The summed E-state index contributed by atoms with van der Waals surface area (Å²) >= 11 is 0. The molecule has 10 heteroatoms. The maximum atomic E-state index is 13.4. The highest BCUT2D eigenvalue weighted by Gasteiger charge is 2.52. The minimum Gasteiger partial charge on any atom is -0.479 e. The number of carboxylic acids is 1. The van der Waals surface area contributed by atoms with Crippen LogP contribution in [0.1, 0.15) is 47.7 Å². The Morgan fingerprint density at radius 2 is 1.81 bits per heavy atom. The van der Waals surface area contributed by atoms with Crippen molar-refractivity contribution < 1.29 is 40.9 Å². The first-order valence-electron chi connectivity index (χ1n) is 11.6. The molecule has 3 N–H and O–H groups in total. The Bertz CT molecular complexity index is 1400. The number of hydrogen-bond donors (Lipinski definition) is 3. The Kier molecular flexibility index (Phi) is 5.29. The summed E-state index contributed by atoms with van der Waals surface area (Å²) in [6.07, 6.45) is -4.15. The van der Waals surface area contributed by atoms with Crippen LogP contribution in [0.15, 0.2) is 42.5 Å². The number of carbonyl (C=O) groups is 2. The molecule has 1 fully saturated rings. The number of carboxylic acid groups (broad SMARTS) is 1. The molecule has 0 radical (unpaired) electrons. The molecule has 1 aliphatic carbocycles. The summed E-state index contributed by atoms with van der Waals surface area (Å²) in [6.45, 7) is 5.87. The molecule has 0 bridgehead atoms. The lowest BCUT2D eigenvalue weighted by atomic mass is 9.92. The monoisotopic (exact) mass is 504 g/mol. The Hall–Kier alpha value is -3.66.